The number of benzene rings is 1. The number of hydrogen-bond acceptors (Lipinski definition) is 7. The van der Waals surface area contributed by atoms with Crippen molar-refractivity contribution in [3.05, 3.63) is 52.8 Å². The Kier molecular flexibility index (Phi) is 4.47. The molecule has 7 heteroatoms. The van der Waals surface area contributed by atoms with Gasteiger partial charge in [-0.25, -0.2) is 9.78 Å². The summed E-state index contributed by atoms with van der Waals surface area (Å²) in [7, 11) is 1.48. The quantitative estimate of drug-likeness (QED) is 0.521. The minimum Gasteiger partial charge on any atom is -0.496 e. The molecule has 0 aliphatic carbocycles. The first-order valence-corrected chi connectivity index (χ1v) is 7.58. The first-order chi connectivity index (χ1) is 12.0. The van der Waals surface area contributed by atoms with Gasteiger partial charge in [0, 0.05) is 5.69 Å². The van der Waals surface area contributed by atoms with Crippen molar-refractivity contribution < 1.29 is 23.6 Å². The lowest BCUT2D eigenvalue weighted by Gasteiger charge is -2.08. The molecular formula is C18H16N2O5. The lowest BCUT2D eigenvalue weighted by molar-refractivity contribution is 0.0475. The number of ether oxygens (including phenoxy) is 2. The lowest BCUT2D eigenvalue weighted by Crippen LogP contribution is -2.15. The van der Waals surface area contributed by atoms with Crippen LogP contribution in [-0.2, 0) is 4.74 Å². The second-order valence-electron chi connectivity index (χ2n) is 5.46. The third-order valence-corrected chi connectivity index (χ3v) is 3.71. The molecule has 0 unspecified atom stereocenters. The van der Waals surface area contributed by atoms with E-state index in [0.29, 0.717) is 28.1 Å². The van der Waals surface area contributed by atoms with Crippen LogP contribution in [0.3, 0.4) is 0 Å². The summed E-state index contributed by atoms with van der Waals surface area (Å²) in [5.41, 5.74) is 2.02. The maximum Gasteiger partial charge on any atom is 0.339 e. The van der Waals surface area contributed by atoms with Crippen LogP contribution in [-0.4, -0.2) is 35.6 Å². The number of carbonyl (C=O) groups is 2. The van der Waals surface area contributed by atoms with E-state index < -0.39 is 12.6 Å². The van der Waals surface area contributed by atoms with Crippen LogP contribution in [0.2, 0.25) is 0 Å². The minimum atomic E-state index is -0.634. The predicted molar refractivity (Wildman–Crippen MR) is 88.9 cm³/mol. The zero-order chi connectivity index (χ0) is 18.0. The molecule has 0 atom stereocenters. The zero-order valence-electron chi connectivity index (χ0n) is 14.0. The van der Waals surface area contributed by atoms with Crippen molar-refractivity contribution in [3.8, 4) is 5.75 Å². The van der Waals surface area contributed by atoms with Gasteiger partial charge in [0.15, 0.2) is 6.61 Å². The van der Waals surface area contributed by atoms with Crippen LogP contribution >= 0.6 is 0 Å². The second kappa shape index (κ2) is 6.72. The number of esters is 1. The molecule has 0 bridgehead atoms. The van der Waals surface area contributed by atoms with Crippen molar-refractivity contribution in [1.29, 1.82) is 0 Å². The van der Waals surface area contributed by atoms with Crippen molar-refractivity contribution in [2.45, 2.75) is 13.8 Å². The molecule has 0 radical (unpaired) electrons. The number of rotatable bonds is 5. The maximum atomic E-state index is 12.4. The molecule has 128 valence electrons. The standard InChI is InChI=1S/C18H16N2O5/c1-10-8-13(16-11(2)20-25-17(16)19-10)18(22)24-9-14(21)12-6-4-5-7-15(12)23-3/h4-8H,9H2,1-3H3. The Labute approximate surface area is 143 Å². The van der Waals surface area contributed by atoms with Crippen LogP contribution in [0.25, 0.3) is 11.1 Å². The molecule has 25 heavy (non-hydrogen) atoms. The van der Waals surface area contributed by atoms with Gasteiger partial charge in [0.2, 0.25) is 5.78 Å². The van der Waals surface area contributed by atoms with E-state index >= 15 is 0 Å². The Balaban J connectivity index is 1.82. The molecule has 0 fully saturated rings. The molecule has 2 aromatic heterocycles. The van der Waals surface area contributed by atoms with Gasteiger partial charge in [-0.05, 0) is 32.0 Å². The Hall–Kier alpha value is -3.22. The molecule has 1 aromatic carbocycles. The third-order valence-electron chi connectivity index (χ3n) is 3.71. The van der Waals surface area contributed by atoms with E-state index in [9.17, 15) is 9.59 Å². The van der Waals surface area contributed by atoms with Gasteiger partial charge in [-0.2, -0.15) is 0 Å². The predicted octanol–water partition coefficient (Wildman–Crippen LogP) is 2.89. The van der Waals surface area contributed by atoms with E-state index in [2.05, 4.69) is 10.1 Å². The smallest absolute Gasteiger partial charge is 0.339 e. The van der Waals surface area contributed by atoms with Crippen LogP contribution in [0.15, 0.2) is 34.9 Å². The number of para-hydroxylation sites is 1. The normalized spacial score (nSPS) is 10.7. The molecule has 0 aliphatic rings. The lowest BCUT2D eigenvalue weighted by atomic mass is 10.1. The monoisotopic (exact) mass is 340 g/mol. The molecule has 0 N–H and O–H groups in total. The number of aryl methyl sites for hydroxylation is 2. The summed E-state index contributed by atoms with van der Waals surface area (Å²) in [4.78, 5) is 28.9. The summed E-state index contributed by atoms with van der Waals surface area (Å²) in [5, 5.41) is 4.30. The third kappa shape index (κ3) is 3.21. The average molecular weight is 340 g/mol. The number of ketones is 1. The molecule has 7 nitrogen and oxygen atoms in total. The number of methoxy groups -OCH3 is 1. The van der Waals surface area contributed by atoms with Crippen LogP contribution in [0.1, 0.15) is 32.1 Å². The van der Waals surface area contributed by atoms with Gasteiger partial charge in [-0.1, -0.05) is 17.3 Å². The summed E-state index contributed by atoms with van der Waals surface area (Å²) in [5.74, 6) is -0.555. The van der Waals surface area contributed by atoms with Gasteiger partial charge in [-0.3, -0.25) is 4.79 Å². The van der Waals surface area contributed by atoms with Crippen molar-refractivity contribution in [1.82, 2.24) is 10.1 Å². The molecule has 0 aliphatic heterocycles. The first kappa shape index (κ1) is 16.6. The number of nitrogens with zero attached hydrogens (tertiary/aromatic N) is 2. The fourth-order valence-corrected chi connectivity index (χ4v) is 2.54. The number of hydrogen-bond donors (Lipinski definition) is 0. The molecule has 0 amide bonds. The SMILES string of the molecule is COc1ccccc1C(=O)COC(=O)c1cc(C)nc2onc(C)c12. The Morgan fingerprint density at radius 2 is 1.92 bits per heavy atom. The van der Waals surface area contributed by atoms with Gasteiger partial charge in [0.25, 0.3) is 5.71 Å². The van der Waals surface area contributed by atoms with Gasteiger partial charge >= 0.3 is 5.97 Å². The van der Waals surface area contributed by atoms with E-state index in [1.807, 2.05) is 0 Å². The minimum absolute atomic E-state index is 0.264. The van der Waals surface area contributed by atoms with E-state index in [4.69, 9.17) is 14.0 Å². The molecule has 2 heterocycles. The summed E-state index contributed by atoms with van der Waals surface area (Å²) in [6, 6.07) is 8.35. The fourth-order valence-electron chi connectivity index (χ4n) is 2.54. The highest BCUT2D eigenvalue weighted by molar-refractivity contribution is 6.05. The summed E-state index contributed by atoms with van der Waals surface area (Å²) in [6.07, 6.45) is 0. The van der Waals surface area contributed by atoms with Crippen molar-refractivity contribution in [2.24, 2.45) is 0 Å². The summed E-state index contributed by atoms with van der Waals surface area (Å²) >= 11 is 0. The molecule has 0 saturated heterocycles. The Bertz CT molecular complexity index is 961. The van der Waals surface area contributed by atoms with Gasteiger partial charge in [-0.15, -0.1) is 0 Å². The largest absolute Gasteiger partial charge is 0.496 e. The zero-order valence-corrected chi connectivity index (χ0v) is 14.0. The highest BCUT2D eigenvalue weighted by Gasteiger charge is 2.20. The first-order valence-electron chi connectivity index (χ1n) is 7.58. The van der Waals surface area contributed by atoms with Gasteiger partial charge in [0.05, 0.1) is 29.3 Å². The van der Waals surface area contributed by atoms with Gasteiger partial charge in [0.1, 0.15) is 5.75 Å². The van der Waals surface area contributed by atoms with Crippen molar-refractivity contribution >= 4 is 22.9 Å². The highest BCUT2D eigenvalue weighted by atomic mass is 16.5. The van der Waals surface area contributed by atoms with Crippen LogP contribution in [0.5, 0.6) is 5.75 Å². The van der Waals surface area contributed by atoms with E-state index in [1.165, 1.54) is 7.11 Å². The van der Waals surface area contributed by atoms with Crippen LogP contribution in [0.4, 0.5) is 0 Å². The van der Waals surface area contributed by atoms with E-state index in [0.717, 1.165) is 0 Å². The summed E-state index contributed by atoms with van der Waals surface area (Å²) in [6.45, 7) is 3.04. The molecule has 3 aromatic rings. The number of fused-ring (bicyclic) bond motifs is 1. The average Bonchev–Trinajstić information content (AvgIpc) is 2.99. The topological polar surface area (TPSA) is 91.5 Å². The maximum absolute atomic E-state index is 12.4. The highest BCUT2D eigenvalue weighted by Crippen LogP contribution is 2.23. The molecular weight excluding hydrogens is 324 g/mol. The number of carbonyl (C=O) groups excluding carboxylic acids is 2. The number of pyridine rings is 1. The molecule has 0 spiro atoms. The van der Waals surface area contributed by atoms with Crippen LogP contribution in [0, 0.1) is 13.8 Å². The van der Waals surface area contributed by atoms with Gasteiger partial charge < -0.3 is 14.0 Å². The number of aromatic nitrogens is 2. The van der Waals surface area contributed by atoms with E-state index in [1.54, 1.807) is 44.2 Å². The van der Waals surface area contributed by atoms with Crippen molar-refractivity contribution in [2.75, 3.05) is 13.7 Å². The van der Waals surface area contributed by atoms with Crippen molar-refractivity contribution in [3.63, 3.8) is 0 Å². The Morgan fingerprint density at radius 3 is 2.68 bits per heavy atom. The number of Topliss-reactive ketones (excluding diaryl/α,β-unsaturated/α-hetero) is 1. The second-order valence-corrected chi connectivity index (χ2v) is 5.46. The fraction of sp³-hybridized carbons (Fsp3) is 0.222. The van der Waals surface area contributed by atoms with E-state index in [-0.39, 0.29) is 17.1 Å². The van der Waals surface area contributed by atoms with Crippen LogP contribution < -0.4 is 4.74 Å². The Morgan fingerprint density at radius 1 is 1.16 bits per heavy atom. The molecule has 3 rings (SSSR count). The molecule has 0 saturated carbocycles. The summed E-state index contributed by atoms with van der Waals surface area (Å²) < 4.78 is 15.4.